The first-order valence-corrected chi connectivity index (χ1v) is 12.2. The van der Waals surface area contributed by atoms with E-state index in [0.29, 0.717) is 42.8 Å². The molecule has 4 rings (SSSR count). The number of aryl methyl sites for hydroxylation is 2. The van der Waals surface area contributed by atoms with Crippen LogP contribution in [0.3, 0.4) is 0 Å². The Morgan fingerprint density at radius 1 is 1.06 bits per heavy atom. The van der Waals surface area contributed by atoms with Crippen molar-refractivity contribution in [3.05, 3.63) is 46.7 Å². The van der Waals surface area contributed by atoms with Gasteiger partial charge in [0.15, 0.2) is 0 Å². The summed E-state index contributed by atoms with van der Waals surface area (Å²) in [4.78, 5) is 40.8. The van der Waals surface area contributed by atoms with Crippen LogP contribution in [0, 0.1) is 0 Å². The van der Waals surface area contributed by atoms with Gasteiger partial charge in [0.25, 0.3) is 0 Å². The van der Waals surface area contributed by atoms with Crippen LogP contribution in [0.15, 0.2) is 30.3 Å². The van der Waals surface area contributed by atoms with Crippen LogP contribution in [0.2, 0.25) is 5.02 Å². The molecule has 2 aliphatic rings. The average Bonchev–Trinajstić information content (AvgIpc) is 3.26. The number of hydrogen-bond acceptors (Lipinski definition) is 6. The maximum Gasteiger partial charge on any atom is 0.322 e. The van der Waals surface area contributed by atoms with Crippen molar-refractivity contribution >= 4 is 35.2 Å². The summed E-state index contributed by atoms with van der Waals surface area (Å²) in [5.74, 6) is 0.573. The second-order valence-corrected chi connectivity index (χ2v) is 9.10. The van der Waals surface area contributed by atoms with Crippen LogP contribution < -0.4 is 10.2 Å². The number of benzene rings is 1. The number of aliphatic hydroxyl groups excluding tert-OH is 1. The molecule has 3 amide bonds. The SMILES string of the molecule is CCc1cc(CC)nc(N2CCN(C(=O)[C@H]3C[C@@H](O)CN3C(=O)Nc3ccc(Cl)cc3)CC2)n1. The van der Waals surface area contributed by atoms with Crippen molar-refractivity contribution in [3.8, 4) is 0 Å². The van der Waals surface area contributed by atoms with Gasteiger partial charge in [0.05, 0.1) is 6.10 Å². The smallest absolute Gasteiger partial charge is 0.322 e. The van der Waals surface area contributed by atoms with Gasteiger partial charge in [0.2, 0.25) is 11.9 Å². The number of nitrogens with one attached hydrogen (secondary N) is 1. The number of carbonyl (C=O) groups excluding carboxylic acids is 2. The second kappa shape index (κ2) is 10.6. The third kappa shape index (κ3) is 5.42. The highest BCUT2D eigenvalue weighted by Crippen LogP contribution is 2.23. The summed E-state index contributed by atoms with van der Waals surface area (Å²) in [6.45, 7) is 6.54. The van der Waals surface area contributed by atoms with Crippen LogP contribution in [0.5, 0.6) is 0 Å². The summed E-state index contributed by atoms with van der Waals surface area (Å²) in [5.41, 5.74) is 2.61. The van der Waals surface area contributed by atoms with Gasteiger partial charge in [0.1, 0.15) is 6.04 Å². The average molecular weight is 487 g/mol. The van der Waals surface area contributed by atoms with Crippen molar-refractivity contribution < 1.29 is 14.7 Å². The summed E-state index contributed by atoms with van der Waals surface area (Å²) in [6, 6.07) is 7.69. The summed E-state index contributed by atoms with van der Waals surface area (Å²) in [5, 5.41) is 13.6. The van der Waals surface area contributed by atoms with Gasteiger partial charge >= 0.3 is 6.03 Å². The van der Waals surface area contributed by atoms with Gasteiger partial charge in [0, 0.05) is 61.2 Å². The predicted octanol–water partition coefficient (Wildman–Crippen LogP) is 2.57. The van der Waals surface area contributed by atoms with Gasteiger partial charge in [-0.05, 0) is 43.2 Å². The molecule has 2 aromatic rings. The van der Waals surface area contributed by atoms with Crippen LogP contribution in [0.4, 0.5) is 16.4 Å². The Labute approximate surface area is 204 Å². The van der Waals surface area contributed by atoms with E-state index in [1.54, 1.807) is 29.2 Å². The Morgan fingerprint density at radius 2 is 1.68 bits per heavy atom. The molecule has 0 saturated carbocycles. The van der Waals surface area contributed by atoms with E-state index >= 15 is 0 Å². The molecule has 9 nitrogen and oxygen atoms in total. The normalized spacial score (nSPS) is 20.5. The van der Waals surface area contributed by atoms with E-state index in [-0.39, 0.29) is 18.9 Å². The Kier molecular flexibility index (Phi) is 7.53. The quantitative estimate of drug-likeness (QED) is 0.673. The number of likely N-dealkylation sites (tertiary alicyclic amines) is 1. The van der Waals surface area contributed by atoms with E-state index in [2.05, 4.69) is 34.0 Å². The van der Waals surface area contributed by atoms with Gasteiger partial charge in [-0.3, -0.25) is 4.79 Å². The minimum absolute atomic E-state index is 0.118. The molecule has 2 saturated heterocycles. The summed E-state index contributed by atoms with van der Waals surface area (Å²) in [6.07, 6.45) is 1.19. The van der Waals surface area contributed by atoms with E-state index in [4.69, 9.17) is 11.6 Å². The monoisotopic (exact) mass is 486 g/mol. The molecule has 182 valence electrons. The maximum atomic E-state index is 13.3. The zero-order valence-corrected chi connectivity index (χ0v) is 20.3. The molecule has 0 radical (unpaired) electrons. The molecule has 1 aromatic carbocycles. The van der Waals surface area contributed by atoms with E-state index in [0.717, 1.165) is 24.2 Å². The molecule has 0 aliphatic carbocycles. The van der Waals surface area contributed by atoms with Crippen molar-refractivity contribution in [1.29, 1.82) is 0 Å². The Hall–Kier alpha value is -2.91. The van der Waals surface area contributed by atoms with Crippen molar-refractivity contribution in [1.82, 2.24) is 19.8 Å². The van der Waals surface area contributed by atoms with Crippen LogP contribution >= 0.6 is 11.6 Å². The predicted molar refractivity (Wildman–Crippen MR) is 131 cm³/mol. The standard InChI is InChI=1S/C24H31ClN6O3/c1-3-17-13-18(4-2)27-23(26-17)30-11-9-29(10-12-30)22(33)21-14-20(32)15-31(21)24(34)28-19-7-5-16(25)6-8-19/h5-8,13,20-21,32H,3-4,9-12,14-15H2,1-2H3,(H,28,34)/t20-,21-/m1/s1. The number of carbonyl (C=O) groups is 2. The van der Waals surface area contributed by atoms with Crippen LogP contribution in [-0.4, -0.2) is 81.7 Å². The molecule has 0 unspecified atom stereocenters. The van der Waals surface area contributed by atoms with Crippen LogP contribution in [0.25, 0.3) is 0 Å². The minimum Gasteiger partial charge on any atom is -0.391 e. The largest absolute Gasteiger partial charge is 0.391 e. The van der Waals surface area contributed by atoms with Gasteiger partial charge in [-0.15, -0.1) is 0 Å². The summed E-state index contributed by atoms with van der Waals surface area (Å²) >= 11 is 5.91. The number of nitrogens with zero attached hydrogens (tertiary/aromatic N) is 5. The highest BCUT2D eigenvalue weighted by Gasteiger charge is 2.41. The zero-order chi connectivity index (χ0) is 24.2. The summed E-state index contributed by atoms with van der Waals surface area (Å²) < 4.78 is 0. The van der Waals surface area contributed by atoms with E-state index in [9.17, 15) is 14.7 Å². The Morgan fingerprint density at radius 3 is 2.26 bits per heavy atom. The number of urea groups is 1. The van der Waals surface area contributed by atoms with Gasteiger partial charge < -0.3 is 25.1 Å². The number of anilines is 2. The third-order valence-corrected chi connectivity index (χ3v) is 6.59. The molecule has 0 spiro atoms. The fourth-order valence-corrected chi connectivity index (χ4v) is 4.51. The van der Waals surface area contributed by atoms with Gasteiger partial charge in [-0.1, -0.05) is 25.4 Å². The highest BCUT2D eigenvalue weighted by atomic mass is 35.5. The van der Waals surface area contributed by atoms with Crippen molar-refractivity contribution in [3.63, 3.8) is 0 Å². The lowest BCUT2D eigenvalue weighted by Crippen LogP contribution is -2.55. The lowest BCUT2D eigenvalue weighted by Gasteiger charge is -2.37. The molecule has 2 aliphatic heterocycles. The molecule has 2 atom stereocenters. The molecular weight excluding hydrogens is 456 g/mol. The number of β-amino-alcohol motifs (C(OH)–C–C–N with tert-alkyl or cyclic N) is 1. The molecule has 34 heavy (non-hydrogen) atoms. The lowest BCUT2D eigenvalue weighted by atomic mass is 10.1. The number of amides is 3. The Bertz CT molecular complexity index is 1000. The number of halogens is 1. The maximum absolute atomic E-state index is 13.3. The third-order valence-electron chi connectivity index (χ3n) is 6.34. The number of rotatable bonds is 5. The van der Waals surface area contributed by atoms with Crippen molar-refractivity contribution in [2.45, 2.75) is 45.3 Å². The fraction of sp³-hybridized carbons (Fsp3) is 0.500. The highest BCUT2D eigenvalue weighted by molar-refractivity contribution is 6.30. The first kappa shape index (κ1) is 24.2. The number of aromatic nitrogens is 2. The molecule has 1 aromatic heterocycles. The molecule has 2 fully saturated rings. The van der Waals surface area contributed by atoms with E-state index in [1.807, 2.05) is 6.07 Å². The van der Waals surface area contributed by atoms with Crippen molar-refractivity contribution in [2.75, 3.05) is 42.9 Å². The summed E-state index contributed by atoms with van der Waals surface area (Å²) in [7, 11) is 0. The van der Waals surface area contributed by atoms with E-state index < -0.39 is 18.2 Å². The second-order valence-electron chi connectivity index (χ2n) is 8.66. The van der Waals surface area contributed by atoms with Crippen molar-refractivity contribution in [2.24, 2.45) is 0 Å². The molecule has 2 N–H and O–H groups in total. The number of aliphatic hydroxyl groups is 1. The molecule has 3 heterocycles. The number of hydrogen-bond donors (Lipinski definition) is 2. The minimum atomic E-state index is -0.733. The lowest BCUT2D eigenvalue weighted by molar-refractivity contribution is -0.135. The first-order valence-electron chi connectivity index (χ1n) is 11.8. The fourth-order valence-electron chi connectivity index (χ4n) is 4.38. The Balaban J connectivity index is 1.39. The van der Waals surface area contributed by atoms with Gasteiger partial charge in [-0.25, -0.2) is 14.8 Å². The molecule has 10 heteroatoms. The van der Waals surface area contributed by atoms with Crippen LogP contribution in [-0.2, 0) is 17.6 Å². The molecule has 0 bridgehead atoms. The first-order chi connectivity index (χ1) is 16.4. The van der Waals surface area contributed by atoms with Crippen LogP contribution in [0.1, 0.15) is 31.7 Å². The topological polar surface area (TPSA) is 102 Å². The van der Waals surface area contributed by atoms with E-state index in [1.165, 1.54) is 4.90 Å². The number of piperazine rings is 1. The zero-order valence-electron chi connectivity index (χ0n) is 19.6. The van der Waals surface area contributed by atoms with Gasteiger partial charge in [-0.2, -0.15) is 0 Å². The molecular formula is C24H31ClN6O3.